The highest BCUT2D eigenvalue weighted by Gasteiger charge is 2.08. The molecule has 0 saturated carbocycles. The monoisotopic (exact) mass is 224 g/mol. The number of thiazole rings is 1. The number of unbranched alkanes of at least 4 members (excludes halogenated alkanes) is 1. The topological polar surface area (TPSA) is 24.9 Å². The third-order valence-electron chi connectivity index (χ3n) is 2.49. The second kappa shape index (κ2) is 6.75. The van der Waals surface area contributed by atoms with Crippen LogP contribution in [0, 0.1) is 6.92 Å². The van der Waals surface area contributed by atoms with Crippen molar-refractivity contribution < 1.29 is 0 Å². The van der Waals surface area contributed by atoms with E-state index < -0.39 is 0 Å². The molecule has 1 heterocycles. The lowest BCUT2D eigenvalue weighted by Crippen LogP contribution is -2.27. The van der Waals surface area contributed by atoms with Crippen molar-refractivity contribution in [3.8, 4) is 0 Å². The molecule has 1 unspecified atom stereocenters. The number of rotatable bonds is 7. The van der Waals surface area contributed by atoms with Gasteiger partial charge in [-0.2, -0.15) is 0 Å². The molecule has 0 spiro atoms. The Bertz CT molecular complexity index is 294. The standard InChI is InChI=1S/C12H20N2S/c1-4-5-6-7-11(13-3)8-12-9-15-10(2)14-12/h4,9,11,13H,1,5-8H2,2-3H3. The maximum absolute atomic E-state index is 4.49. The van der Waals surface area contributed by atoms with E-state index in [-0.39, 0.29) is 0 Å². The maximum Gasteiger partial charge on any atom is 0.0897 e. The predicted octanol–water partition coefficient (Wildman–Crippen LogP) is 2.94. The SMILES string of the molecule is C=CCCCC(Cc1csc(C)n1)NC. The number of allylic oxidation sites excluding steroid dienone is 1. The first-order valence-corrected chi connectivity index (χ1v) is 6.33. The molecule has 1 rings (SSSR count). The van der Waals surface area contributed by atoms with Gasteiger partial charge < -0.3 is 5.32 Å². The number of aryl methyl sites for hydroxylation is 1. The molecular weight excluding hydrogens is 204 g/mol. The van der Waals surface area contributed by atoms with Crippen molar-refractivity contribution in [1.29, 1.82) is 0 Å². The van der Waals surface area contributed by atoms with Gasteiger partial charge in [0, 0.05) is 17.8 Å². The number of aromatic nitrogens is 1. The van der Waals surface area contributed by atoms with Crippen LogP contribution in [0.15, 0.2) is 18.0 Å². The van der Waals surface area contributed by atoms with Gasteiger partial charge in [0.2, 0.25) is 0 Å². The van der Waals surface area contributed by atoms with Crippen LogP contribution in [0.4, 0.5) is 0 Å². The van der Waals surface area contributed by atoms with E-state index in [1.807, 2.05) is 13.1 Å². The van der Waals surface area contributed by atoms with Gasteiger partial charge in [-0.05, 0) is 33.2 Å². The van der Waals surface area contributed by atoms with Gasteiger partial charge in [-0.15, -0.1) is 17.9 Å². The highest BCUT2D eigenvalue weighted by atomic mass is 32.1. The Kier molecular flexibility index (Phi) is 5.58. The van der Waals surface area contributed by atoms with Gasteiger partial charge in [0.25, 0.3) is 0 Å². The zero-order chi connectivity index (χ0) is 11.1. The van der Waals surface area contributed by atoms with Crippen molar-refractivity contribution in [3.63, 3.8) is 0 Å². The Labute approximate surface area is 96.4 Å². The average Bonchev–Trinajstić information content (AvgIpc) is 2.63. The number of nitrogens with zero attached hydrogens (tertiary/aromatic N) is 1. The molecule has 1 aromatic heterocycles. The average molecular weight is 224 g/mol. The van der Waals surface area contributed by atoms with Gasteiger partial charge in [0.15, 0.2) is 0 Å². The summed E-state index contributed by atoms with van der Waals surface area (Å²) in [6.07, 6.45) is 6.53. The van der Waals surface area contributed by atoms with Crippen LogP contribution in [-0.2, 0) is 6.42 Å². The van der Waals surface area contributed by atoms with E-state index >= 15 is 0 Å². The summed E-state index contributed by atoms with van der Waals surface area (Å²) in [5, 5.41) is 6.67. The summed E-state index contributed by atoms with van der Waals surface area (Å²) >= 11 is 1.73. The smallest absolute Gasteiger partial charge is 0.0897 e. The van der Waals surface area contributed by atoms with Crippen LogP contribution in [0.2, 0.25) is 0 Å². The third kappa shape index (κ3) is 4.58. The molecule has 0 aromatic carbocycles. The van der Waals surface area contributed by atoms with Crippen molar-refractivity contribution in [1.82, 2.24) is 10.3 Å². The highest BCUT2D eigenvalue weighted by molar-refractivity contribution is 7.09. The molecule has 1 aromatic rings. The fourth-order valence-corrected chi connectivity index (χ4v) is 2.24. The lowest BCUT2D eigenvalue weighted by molar-refractivity contribution is 0.500. The van der Waals surface area contributed by atoms with Crippen molar-refractivity contribution in [2.24, 2.45) is 0 Å². The van der Waals surface area contributed by atoms with Gasteiger partial charge in [0.1, 0.15) is 0 Å². The predicted molar refractivity (Wildman–Crippen MR) is 67.5 cm³/mol. The summed E-state index contributed by atoms with van der Waals surface area (Å²) in [7, 11) is 2.03. The summed E-state index contributed by atoms with van der Waals surface area (Å²) in [6, 6.07) is 0.548. The third-order valence-corrected chi connectivity index (χ3v) is 3.31. The van der Waals surface area contributed by atoms with E-state index in [4.69, 9.17) is 0 Å². The minimum absolute atomic E-state index is 0.548. The molecule has 1 atom stereocenters. The summed E-state index contributed by atoms with van der Waals surface area (Å²) < 4.78 is 0. The molecule has 2 nitrogen and oxygen atoms in total. The van der Waals surface area contributed by atoms with E-state index in [0.717, 1.165) is 17.8 Å². The molecule has 0 radical (unpaired) electrons. The molecule has 0 saturated heterocycles. The first kappa shape index (κ1) is 12.4. The van der Waals surface area contributed by atoms with Crippen molar-refractivity contribution in [3.05, 3.63) is 28.7 Å². The number of hydrogen-bond acceptors (Lipinski definition) is 3. The largest absolute Gasteiger partial charge is 0.317 e. The lowest BCUT2D eigenvalue weighted by atomic mass is 10.1. The zero-order valence-electron chi connectivity index (χ0n) is 9.62. The molecule has 0 aliphatic heterocycles. The quantitative estimate of drug-likeness (QED) is 0.569. The minimum atomic E-state index is 0.548. The van der Waals surface area contributed by atoms with Crippen LogP contribution in [-0.4, -0.2) is 18.1 Å². The van der Waals surface area contributed by atoms with Crippen LogP contribution in [0.25, 0.3) is 0 Å². The van der Waals surface area contributed by atoms with Crippen LogP contribution < -0.4 is 5.32 Å². The van der Waals surface area contributed by atoms with E-state index in [1.165, 1.54) is 18.5 Å². The fourth-order valence-electron chi connectivity index (χ4n) is 1.61. The van der Waals surface area contributed by atoms with Crippen molar-refractivity contribution in [2.75, 3.05) is 7.05 Å². The summed E-state index contributed by atoms with van der Waals surface area (Å²) in [4.78, 5) is 4.49. The molecule has 0 aliphatic rings. The second-order valence-corrected chi connectivity index (χ2v) is 4.83. The summed E-state index contributed by atoms with van der Waals surface area (Å²) in [6.45, 7) is 5.80. The molecule has 84 valence electrons. The normalized spacial score (nSPS) is 12.7. The Morgan fingerprint density at radius 2 is 2.47 bits per heavy atom. The van der Waals surface area contributed by atoms with Crippen LogP contribution in [0.3, 0.4) is 0 Å². The van der Waals surface area contributed by atoms with E-state index in [9.17, 15) is 0 Å². The molecule has 0 aliphatic carbocycles. The Morgan fingerprint density at radius 1 is 1.67 bits per heavy atom. The first-order valence-electron chi connectivity index (χ1n) is 5.45. The van der Waals surface area contributed by atoms with Crippen molar-refractivity contribution in [2.45, 2.75) is 38.6 Å². The fraction of sp³-hybridized carbons (Fsp3) is 0.583. The Hall–Kier alpha value is -0.670. The van der Waals surface area contributed by atoms with Gasteiger partial charge in [-0.25, -0.2) is 4.98 Å². The molecule has 0 bridgehead atoms. The highest BCUT2D eigenvalue weighted by Crippen LogP contribution is 2.12. The van der Waals surface area contributed by atoms with Crippen LogP contribution in [0.1, 0.15) is 30.0 Å². The van der Waals surface area contributed by atoms with Crippen molar-refractivity contribution >= 4 is 11.3 Å². The van der Waals surface area contributed by atoms with E-state index in [1.54, 1.807) is 11.3 Å². The lowest BCUT2D eigenvalue weighted by Gasteiger charge is -2.13. The molecule has 3 heteroatoms. The van der Waals surface area contributed by atoms with Crippen LogP contribution in [0.5, 0.6) is 0 Å². The molecule has 15 heavy (non-hydrogen) atoms. The number of nitrogens with one attached hydrogen (secondary N) is 1. The summed E-state index contributed by atoms with van der Waals surface area (Å²) in [5.74, 6) is 0. The summed E-state index contributed by atoms with van der Waals surface area (Å²) in [5.41, 5.74) is 1.22. The Morgan fingerprint density at radius 3 is 3.00 bits per heavy atom. The molecule has 1 N–H and O–H groups in total. The molecule has 0 fully saturated rings. The first-order chi connectivity index (χ1) is 7.26. The Balaban J connectivity index is 2.36. The van der Waals surface area contributed by atoms with Gasteiger partial charge in [0.05, 0.1) is 10.7 Å². The number of hydrogen-bond donors (Lipinski definition) is 1. The molecule has 0 amide bonds. The van der Waals surface area contributed by atoms with Gasteiger partial charge >= 0.3 is 0 Å². The minimum Gasteiger partial charge on any atom is -0.317 e. The zero-order valence-corrected chi connectivity index (χ0v) is 10.4. The van der Waals surface area contributed by atoms with E-state index in [2.05, 4.69) is 29.2 Å². The second-order valence-electron chi connectivity index (χ2n) is 3.77. The van der Waals surface area contributed by atoms with Gasteiger partial charge in [-0.1, -0.05) is 6.08 Å². The van der Waals surface area contributed by atoms with E-state index in [0.29, 0.717) is 6.04 Å². The van der Waals surface area contributed by atoms with Crippen LogP contribution >= 0.6 is 11.3 Å². The molecular formula is C12H20N2S. The number of likely N-dealkylation sites (N-methyl/N-ethyl adjacent to an activating group) is 1. The maximum atomic E-state index is 4.49. The van der Waals surface area contributed by atoms with Gasteiger partial charge in [-0.3, -0.25) is 0 Å².